The fourth-order valence-corrected chi connectivity index (χ4v) is 2.79. The molecule has 0 aliphatic carbocycles. The van der Waals surface area contributed by atoms with E-state index in [1.54, 1.807) is 25.1 Å². The lowest BCUT2D eigenvalue weighted by atomic mass is 9.89. The summed E-state index contributed by atoms with van der Waals surface area (Å²) in [5, 5.41) is 10.5. The van der Waals surface area contributed by atoms with Crippen LogP contribution in [-0.4, -0.2) is 54.1 Å². The van der Waals surface area contributed by atoms with E-state index in [-0.39, 0.29) is 0 Å². The van der Waals surface area contributed by atoms with E-state index in [2.05, 4.69) is 4.90 Å². The molecule has 6 heteroatoms. The van der Waals surface area contributed by atoms with Crippen LogP contribution >= 0.6 is 23.2 Å². The van der Waals surface area contributed by atoms with E-state index in [4.69, 9.17) is 23.2 Å². The summed E-state index contributed by atoms with van der Waals surface area (Å²) in [7, 11) is 2.04. The molecule has 4 nitrogen and oxygen atoms in total. The minimum absolute atomic E-state index is 0.380. The molecule has 1 fully saturated rings. The smallest absolute Gasteiger partial charge is 0.328 e. The summed E-state index contributed by atoms with van der Waals surface area (Å²) < 4.78 is 0. The Labute approximate surface area is 128 Å². The molecule has 1 aromatic carbocycles. The number of carboxylic acid groups (broad SMARTS) is 1. The van der Waals surface area contributed by atoms with Gasteiger partial charge in [0.05, 0.1) is 10.0 Å². The number of nitrogens with zero attached hydrogens (tertiary/aromatic N) is 2. The van der Waals surface area contributed by atoms with E-state index in [0.29, 0.717) is 28.7 Å². The summed E-state index contributed by atoms with van der Waals surface area (Å²) >= 11 is 12.0. The molecule has 20 heavy (non-hydrogen) atoms. The molecule has 2 rings (SSSR count). The summed E-state index contributed by atoms with van der Waals surface area (Å²) in [6.07, 6.45) is 0. The van der Waals surface area contributed by atoms with Crippen LogP contribution in [0.2, 0.25) is 10.0 Å². The molecule has 0 bridgehead atoms. The van der Waals surface area contributed by atoms with E-state index in [9.17, 15) is 9.90 Å². The molecule has 0 aromatic heterocycles. The van der Waals surface area contributed by atoms with Gasteiger partial charge in [0.25, 0.3) is 0 Å². The average Bonchev–Trinajstić information content (AvgIpc) is 2.41. The molecule has 1 N–H and O–H groups in total. The number of hydrogen-bond donors (Lipinski definition) is 1. The van der Waals surface area contributed by atoms with Crippen LogP contribution < -0.4 is 0 Å². The van der Waals surface area contributed by atoms with Crippen molar-refractivity contribution >= 4 is 29.2 Å². The highest BCUT2D eigenvalue weighted by molar-refractivity contribution is 6.42. The molecule has 1 atom stereocenters. The Morgan fingerprint density at radius 3 is 2.30 bits per heavy atom. The topological polar surface area (TPSA) is 43.8 Å². The predicted molar refractivity (Wildman–Crippen MR) is 80.5 cm³/mol. The van der Waals surface area contributed by atoms with Gasteiger partial charge in [-0.3, -0.25) is 4.90 Å². The number of likely N-dealkylation sites (N-methyl/N-ethyl adjacent to an activating group) is 1. The lowest BCUT2D eigenvalue weighted by Gasteiger charge is -2.42. The third-order valence-corrected chi connectivity index (χ3v) is 4.77. The molecular weight excluding hydrogens is 299 g/mol. The van der Waals surface area contributed by atoms with Crippen LogP contribution in [0.3, 0.4) is 0 Å². The molecule has 1 heterocycles. The third kappa shape index (κ3) is 2.79. The number of benzene rings is 1. The van der Waals surface area contributed by atoms with Gasteiger partial charge in [-0.2, -0.15) is 0 Å². The predicted octanol–water partition coefficient (Wildman–Crippen LogP) is 2.54. The fraction of sp³-hybridized carbons (Fsp3) is 0.500. The number of hydrogen-bond acceptors (Lipinski definition) is 3. The molecule has 0 saturated carbocycles. The molecule has 1 saturated heterocycles. The molecular formula is C14H18Cl2N2O2. The van der Waals surface area contributed by atoms with Crippen molar-refractivity contribution in [3.8, 4) is 0 Å². The zero-order valence-corrected chi connectivity index (χ0v) is 13.1. The highest BCUT2D eigenvalue weighted by Crippen LogP contribution is 2.33. The maximum Gasteiger partial charge on any atom is 0.328 e. The quantitative estimate of drug-likeness (QED) is 0.930. The van der Waals surface area contributed by atoms with Crippen LogP contribution in [0.15, 0.2) is 18.2 Å². The highest BCUT2D eigenvalue weighted by atomic mass is 35.5. The minimum atomic E-state index is -1.09. The Kier molecular flexibility index (Phi) is 4.59. The van der Waals surface area contributed by atoms with Crippen molar-refractivity contribution in [3.63, 3.8) is 0 Å². The molecule has 0 amide bonds. The maximum atomic E-state index is 11.9. The molecule has 1 aromatic rings. The number of aliphatic carboxylic acids is 1. The van der Waals surface area contributed by atoms with Crippen LogP contribution in [0.4, 0.5) is 0 Å². The van der Waals surface area contributed by atoms with Crippen molar-refractivity contribution < 1.29 is 9.90 Å². The van der Waals surface area contributed by atoms with Gasteiger partial charge < -0.3 is 10.0 Å². The first-order valence-corrected chi connectivity index (χ1v) is 7.24. The zero-order valence-electron chi connectivity index (χ0n) is 11.6. The second-order valence-electron chi connectivity index (χ2n) is 5.30. The summed E-state index contributed by atoms with van der Waals surface area (Å²) in [6.45, 7) is 4.84. The maximum absolute atomic E-state index is 11.9. The number of carboxylic acids is 1. The van der Waals surface area contributed by atoms with E-state index < -0.39 is 11.5 Å². The first kappa shape index (κ1) is 15.6. The molecule has 0 radical (unpaired) electrons. The van der Waals surface area contributed by atoms with Crippen LogP contribution in [-0.2, 0) is 10.3 Å². The SMILES string of the molecule is CN1CCN(C(C)(C(=O)O)c2ccc(Cl)c(Cl)c2)CC1. The summed E-state index contributed by atoms with van der Waals surface area (Å²) in [6, 6.07) is 5.04. The van der Waals surface area contributed by atoms with E-state index in [0.717, 1.165) is 13.1 Å². The zero-order chi connectivity index (χ0) is 14.9. The number of halogens is 2. The van der Waals surface area contributed by atoms with Gasteiger partial charge >= 0.3 is 5.97 Å². The van der Waals surface area contributed by atoms with Crippen molar-refractivity contribution in [2.75, 3.05) is 33.2 Å². The van der Waals surface area contributed by atoms with Crippen molar-refractivity contribution in [2.45, 2.75) is 12.5 Å². The molecule has 1 aliphatic heterocycles. The number of rotatable bonds is 3. The van der Waals surface area contributed by atoms with Gasteiger partial charge in [0.2, 0.25) is 0 Å². The van der Waals surface area contributed by atoms with Gasteiger partial charge in [-0.05, 0) is 31.7 Å². The Bertz CT molecular complexity index is 516. The summed E-state index contributed by atoms with van der Waals surface area (Å²) in [5.41, 5.74) is -0.431. The monoisotopic (exact) mass is 316 g/mol. The highest BCUT2D eigenvalue weighted by Gasteiger charge is 2.42. The Hall–Kier alpha value is -0.810. The standard InChI is InChI=1S/C14H18Cl2N2O2/c1-14(13(19)20,18-7-5-17(2)6-8-18)10-3-4-11(15)12(16)9-10/h3-4,9H,5-8H2,1-2H3,(H,19,20). The molecule has 110 valence electrons. The average molecular weight is 317 g/mol. The van der Waals surface area contributed by atoms with Crippen LogP contribution in [0.1, 0.15) is 12.5 Å². The molecule has 0 spiro atoms. The Morgan fingerprint density at radius 2 is 1.80 bits per heavy atom. The second-order valence-corrected chi connectivity index (χ2v) is 6.11. The Morgan fingerprint density at radius 1 is 1.20 bits per heavy atom. The first-order valence-electron chi connectivity index (χ1n) is 6.48. The normalized spacial score (nSPS) is 20.6. The van der Waals surface area contributed by atoms with Gasteiger partial charge in [-0.15, -0.1) is 0 Å². The van der Waals surface area contributed by atoms with Gasteiger partial charge in [-0.25, -0.2) is 4.79 Å². The van der Waals surface area contributed by atoms with E-state index >= 15 is 0 Å². The van der Waals surface area contributed by atoms with E-state index in [1.165, 1.54) is 0 Å². The summed E-state index contributed by atoms with van der Waals surface area (Å²) in [4.78, 5) is 16.0. The second kappa shape index (κ2) is 5.90. The van der Waals surface area contributed by atoms with Gasteiger partial charge in [0.1, 0.15) is 5.54 Å². The van der Waals surface area contributed by atoms with Gasteiger partial charge in [0.15, 0.2) is 0 Å². The largest absolute Gasteiger partial charge is 0.480 e. The van der Waals surface area contributed by atoms with Crippen molar-refractivity contribution in [1.82, 2.24) is 9.80 Å². The van der Waals surface area contributed by atoms with Crippen LogP contribution in [0, 0.1) is 0 Å². The lowest BCUT2D eigenvalue weighted by molar-refractivity contribution is -0.152. The molecule has 1 unspecified atom stereocenters. The minimum Gasteiger partial charge on any atom is -0.480 e. The van der Waals surface area contributed by atoms with Gasteiger partial charge in [0, 0.05) is 26.2 Å². The Balaban J connectivity index is 2.38. The third-order valence-electron chi connectivity index (χ3n) is 4.03. The summed E-state index contributed by atoms with van der Waals surface area (Å²) in [5.74, 6) is -0.875. The van der Waals surface area contributed by atoms with Crippen molar-refractivity contribution in [2.24, 2.45) is 0 Å². The van der Waals surface area contributed by atoms with Crippen LogP contribution in [0.5, 0.6) is 0 Å². The fourth-order valence-electron chi connectivity index (χ4n) is 2.49. The van der Waals surface area contributed by atoms with Crippen molar-refractivity contribution in [1.29, 1.82) is 0 Å². The lowest BCUT2D eigenvalue weighted by Crippen LogP contribution is -2.56. The molecule has 1 aliphatic rings. The first-order chi connectivity index (χ1) is 9.35. The number of carbonyl (C=O) groups is 1. The van der Waals surface area contributed by atoms with Gasteiger partial charge in [-0.1, -0.05) is 29.3 Å². The van der Waals surface area contributed by atoms with Crippen LogP contribution in [0.25, 0.3) is 0 Å². The van der Waals surface area contributed by atoms with E-state index in [1.807, 2.05) is 11.9 Å². The number of piperazine rings is 1. The van der Waals surface area contributed by atoms with Crippen molar-refractivity contribution in [3.05, 3.63) is 33.8 Å².